The van der Waals surface area contributed by atoms with Crippen molar-refractivity contribution in [3.8, 4) is 10.6 Å². The van der Waals surface area contributed by atoms with Crippen LogP contribution in [0.4, 0.5) is 0 Å². The van der Waals surface area contributed by atoms with Gasteiger partial charge in [-0.2, -0.15) is 0 Å². The number of pyridine rings is 1. The third-order valence-corrected chi connectivity index (χ3v) is 3.45. The Hall–Kier alpha value is -1.88. The van der Waals surface area contributed by atoms with Crippen molar-refractivity contribution in [2.45, 2.75) is 13.5 Å². The number of aromatic nitrogens is 1. The van der Waals surface area contributed by atoms with E-state index in [1.165, 1.54) is 0 Å². The van der Waals surface area contributed by atoms with Crippen molar-refractivity contribution in [3.63, 3.8) is 0 Å². The van der Waals surface area contributed by atoms with Crippen LogP contribution in [0.1, 0.15) is 12.5 Å². The van der Waals surface area contributed by atoms with Crippen LogP contribution in [-0.2, 0) is 6.54 Å². The van der Waals surface area contributed by atoms with Crippen molar-refractivity contribution in [2.24, 2.45) is 5.73 Å². The Morgan fingerprint density at radius 3 is 2.76 bits per heavy atom. The Morgan fingerprint density at radius 2 is 2.24 bits per heavy atom. The Labute approximate surface area is 103 Å². The fourth-order valence-electron chi connectivity index (χ4n) is 1.74. The first-order valence-electron chi connectivity index (χ1n) is 5.27. The molecule has 2 aromatic rings. The Bertz CT molecular complexity index is 599. The first-order chi connectivity index (χ1) is 8.15. The molecule has 0 atom stereocenters. The smallest absolute Gasteiger partial charge is 0.262 e. The van der Waals surface area contributed by atoms with Gasteiger partial charge in [-0.25, -0.2) is 0 Å². The summed E-state index contributed by atoms with van der Waals surface area (Å²) in [5.41, 5.74) is 6.31. The first kappa shape index (κ1) is 11.6. The van der Waals surface area contributed by atoms with Crippen molar-refractivity contribution in [1.82, 2.24) is 4.57 Å². The van der Waals surface area contributed by atoms with Gasteiger partial charge in [0, 0.05) is 6.54 Å². The maximum absolute atomic E-state index is 12.1. The van der Waals surface area contributed by atoms with Crippen molar-refractivity contribution >= 4 is 17.2 Å². The van der Waals surface area contributed by atoms with Crippen LogP contribution in [-0.4, -0.2) is 10.4 Å². The zero-order valence-electron chi connectivity index (χ0n) is 9.43. The van der Waals surface area contributed by atoms with E-state index < -0.39 is 0 Å². The number of rotatable bonds is 3. The summed E-state index contributed by atoms with van der Waals surface area (Å²) in [6.07, 6.45) is 0. The minimum Gasteiger partial charge on any atom is -0.384 e. The van der Waals surface area contributed by atoms with Crippen molar-refractivity contribution < 1.29 is 0 Å². The molecule has 2 aromatic heterocycles. The predicted molar refractivity (Wildman–Crippen MR) is 70.7 cm³/mol. The van der Waals surface area contributed by atoms with E-state index in [0.29, 0.717) is 6.54 Å². The molecule has 0 saturated carbocycles. The van der Waals surface area contributed by atoms with Crippen LogP contribution in [0.2, 0.25) is 0 Å². The summed E-state index contributed by atoms with van der Waals surface area (Å²) in [5, 5.41) is 9.33. The fourth-order valence-corrected chi connectivity index (χ4v) is 2.50. The second-order valence-electron chi connectivity index (χ2n) is 3.57. The third kappa shape index (κ3) is 2.01. The summed E-state index contributed by atoms with van der Waals surface area (Å²) in [7, 11) is 0. The van der Waals surface area contributed by atoms with Crippen molar-refractivity contribution in [3.05, 3.63) is 45.6 Å². The number of hydrogen-bond acceptors (Lipinski definition) is 3. The molecular formula is C12H13N3OS. The van der Waals surface area contributed by atoms with E-state index >= 15 is 0 Å². The molecule has 5 heteroatoms. The SMILES string of the molecule is CCn1c(-c2cccs2)ccc(C(=N)N)c1=O. The van der Waals surface area contributed by atoms with Gasteiger partial charge in [-0.3, -0.25) is 10.2 Å². The molecule has 0 bridgehead atoms. The van der Waals surface area contributed by atoms with Gasteiger partial charge < -0.3 is 10.3 Å². The third-order valence-electron chi connectivity index (χ3n) is 2.55. The lowest BCUT2D eigenvalue weighted by atomic mass is 10.2. The summed E-state index contributed by atoms with van der Waals surface area (Å²) in [5.74, 6) is -0.185. The van der Waals surface area contributed by atoms with Crippen LogP contribution in [0.15, 0.2) is 34.4 Å². The molecule has 0 unspecified atom stereocenters. The van der Waals surface area contributed by atoms with E-state index in [1.54, 1.807) is 22.0 Å². The van der Waals surface area contributed by atoms with Crippen molar-refractivity contribution in [2.75, 3.05) is 0 Å². The van der Waals surface area contributed by atoms with E-state index in [0.717, 1.165) is 10.6 Å². The van der Waals surface area contributed by atoms with Crippen LogP contribution in [0.3, 0.4) is 0 Å². The zero-order valence-corrected chi connectivity index (χ0v) is 10.3. The lowest BCUT2D eigenvalue weighted by Gasteiger charge is -2.10. The number of nitrogen functional groups attached to an aromatic ring is 1. The maximum Gasteiger partial charge on any atom is 0.262 e. The van der Waals surface area contributed by atoms with E-state index in [4.69, 9.17) is 11.1 Å². The molecule has 4 nitrogen and oxygen atoms in total. The molecule has 0 amide bonds. The standard InChI is InChI=1S/C12H13N3OS/c1-2-15-9(10-4-3-7-17-10)6-5-8(11(13)14)12(15)16/h3-7H,2H2,1H3,(H3,13,14). The summed E-state index contributed by atoms with van der Waals surface area (Å²) in [6.45, 7) is 2.47. The molecule has 0 fully saturated rings. The number of nitrogens with one attached hydrogen (secondary N) is 1. The molecule has 88 valence electrons. The minimum absolute atomic E-state index is 0.185. The van der Waals surface area contributed by atoms with Gasteiger partial charge >= 0.3 is 0 Å². The van der Waals surface area contributed by atoms with Gasteiger partial charge in [-0.1, -0.05) is 6.07 Å². The number of amidine groups is 1. The molecule has 0 spiro atoms. The summed E-state index contributed by atoms with van der Waals surface area (Å²) in [4.78, 5) is 13.1. The lowest BCUT2D eigenvalue weighted by molar-refractivity contribution is 0.735. The molecule has 0 aliphatic rings. The summed E-state index contributed by atoms with van der Waals surface area (Å²) in [6, 6.07) is 7.38. The van der Waals surface area contributed by atoms with Crippen LogP contribution >= 0.6 is 11.3 Å². The molecule has 0 aromatic carbocycles. The minimum atomic E-state index is -0.203. The van der Waals surface area contributed by atoms with Crippen molar-refractivity contribution in [1.29, 1.82) is 5.41 Å². The lowest BCUT2D eigenvalue weighted by Crippen LogP contribution is -2.29. The van der Waals surface area contributed by atoms with E-state index in [-0.39, 0.29) is 17.0 Å². The number of nitrogens with two attached hydrogens (primary N) is 1. The highest BCUT2D eigenvalue weighted by atomic mass is 32.1. The van der Waals surface area contributed by atoms with Crippen LogP contribution in [0, 0.1) is 5.41 Å². The van der Waals surface area contributed by atoms with Gasteiger partial charge in [0.05, 0.1) is 16.1 Å². The molecular weight excluding hydrogens is 234 g/mol. The molecule has 0 radical (unpaired) electrons. The maximum atomic E-state index is 12.1. The first-order valence-corrected chi connectivity index (χ1v) is 6.15. The molecule has 17 heavy (non-hydrogen) atoms. The van der Waals surface area contributed by atoms with Gasteiger partial charge in [-0.15, -0.1) is 11.3 Å². The largest absolute Gasteiger partial charge is 0.384 e. The summed E-state index contributed by atoms with van der Waals surface area (Å²) < 4.78 is 1.64. The van der Waals surface area contributed by atoms with Crippen LogP contribution in [0.25, 0.3) is 10.6 Å². The molecule has 0 aliphatic heterocycles. The Kier molecular flexibility index (Phi) is 3.10. The second-order valence-corrected chi connectivity index (χ2v) is 4.52. The molecule has 3 N–H and O–H groups in total. The van der Waals surface area contributed by atoms with Gasteiger partial charge in [-0.05, 0) is 30.5 Å². The quantitative estimate of drug-likeness (QED) is 0.642. The summed E-state index contributed by atoms with van der Waals surface area (Å²) >= 11 is 1.58. The van der Waals surface area contributed by atoms with E-state index in [9.17, 15) is 4.79 Å². The molecule has 2 heterocycles. The highest BCUT2D eigenvalue weighted by molar-refractivity contribution is 7.13. The molecule has 0 saturated heterocycles. The monoisotopic (exact) mass is 247 g/mol. The van der Waals surface area contributed by atoms with Crippen LogP contribution < -0.4 is 11.3 Å². The van der Waals surface area contributed by atoms with Gasteiger partial charge in [0.15, 0.2) is 0 Å². The average molecular weight is 247 g/mol. The van der Waals surface area contributed by atoms with E-state index in [2.05, 4.69) is 0 Å². The second kappa shape index (κ2) is 4.55. The number of hydrogen-bond donors (Lipinski definition) is 2. The van der Waals surface area contributed by atoms with Crippen LogP contribution in [0.5, 0.6) is 0 Å². The topological polar surface area (TPSA) is 71.9 Å². The Balaban J connectivity index is 2.68. The molecule has 0 aliphatic carbocycles. The highest BCUT2D eigenvalue weighted by Crippen LogP contribution is 2.23. The fraction of sp³-hybridized carbons (Fsp3) is 0.167. The highest BCUT2D eigenvalue weighted by Gasteiger charge is 2.11. The number of thiophene rings is 1. The number of nitrogens with zero attached hydrogens (tertiary/aromatic N) is 1. The van der Waals surface area contributed by atoms with Gasteiger partial charge in [0.1, 0.15) is 5.84 Å². The molecule has 2 rings (SSSR count). The van der Waals surface area contributed by atoms with Gasteiger partial charge in [0.25, 0.3) is 5.56 Å². The van der Waals surface area contributed by atoms with E-state index in [1.807, 2.05) is 30.5 Å². The average Bonchev–Trinajstić information content (AvgIpc) is 2.81. The zero-order chi connectivity index (χ0) is 12.4. The van der Waals surface area contributed by atoms with Gasteiger partial charge in [0.2, 0.25) is 0 Å². The normalized spacial score (nSPS) is 10.4. The predicted octanol–water partition coefficient (Wildman–Crippen LogP) is 1.88. The Morgan fingerprint density at radius 1 is 1.47 bits per heavy atom.